The minimum Gasteiger partial charge on any atom is -0.381 e. The van der Waals surface area contributed by atoms with Crippen LogP contribution in [0, 0.1) is 0 Å². The number of carbonyl (C=O) groups is 4. The van der Waals surface area contributed by atoms with Crippen molar-refractivity contribution < 1.29 is 24.3 Å². The molecule has 0 radical (unpaired) electrons. The molecule has 0 saturated carbocycles. The fourth-order valence-corrected chi connectivity index (χ4v) is 4.07. The average molecular weight is 531 g/mol. The van der Waals surface area contributed by atoms with Crippen LogP contribution in [-0.4, -0.2) is 52.3 Å². The second-order valence-electron chi connectivity index (χ2n) is 9.21. The Morgan fingerprint density at radius 1 is 0.795 bits per heavy atom. The van der Waals surface area contributed by atoms with E-state index in [1.54, 1.807) is 0 Å². The number of hydrogen-bond donors (Lipinski definition) is 4. The van der Waals surface area contributed by atoms with Crippen LogP contribution < -0.4 is 16.4 Å². The van der Waals surface area contributed by atoms with Gasteiger partial charge in [0.1, 0.15) is 18.6 Å². The molecule has 0 aliphatic heterocycles. The second-order valence-corrected chi connectivity index (χ2v) is 9.21. The molecular weight excluding hydrogens is 496 g/mol. The molecule has 3 rings (SSSR count). The molecule has 9 heteroatoms. The smallest absolute Gasteiger partial charge is 0.250 e. The number of aryl methyl sites for hydroxylation is 1. The number of nitrogens with one attached hydrogen (secondary N) is 2. The molecule has 0 saturated heterocycles. The van der Waals surface area contributed by atoms with Crippen LogP contribution in [0.5, 0.6) is 0 Å². The molecule has 0 aliphatic rings. The highest BCUT2D eigenvalue weighted by atomic mass is 16.3. The van der Waals surface area contributed by atoms with E-state index in [0.717, 1.165) is 16.7 Å². The third kappa shape index (κ3) is 10.1. The summed E-state index contributed by atoms with van der Waals surface area (Å²) in [4.78, 5) is 51.5. The zero-order valence-corrected chi connectivity index (χ0v) is 21.7. The van der Waals surface area contributed by atoms with Gasteiger partial charge in [0.05, 0.1) is 6.54 Å². The van der Waals surface area contributed by atoms with Crippen molar-refractivity contribution in [1.29, 1.82) is 0 Å². The second kappa shape index (κ2) is 15.0. The molecule has 0 aliphatic carbocycles. The highest BCUT2D eigenvalue weighted by Crippen LogP contribution is 2.12. The highest BCUT2D eigenvalue weighted by Gasteiger charge is 2.29. The Morgan fingerprint density at radius 3 is 1.90 bits per heavy atom. The van der Waals surface area contributed by atoms with E-state index in [9.17, 15) is 24.3 Å². The lowest BCUT2D eigenvalue weighted by Crippen LogP contribution is -2.52. The normalized spacial score (nSPS) is 12.1. The first kappa shape index (κ1) is 29.1. The topological polar surface area (TPSA) is 142 Å². The third-order valence-corrected chi connectivity index (χ3v) is 6.07. The zero-order chi connectivity index (χ0) is 28.0. The fourth-order valence-electron chi connectivity index (χ4n) is 4.07. The Kier molecular flexibility index (Phi) is 11.2. The third-order valence-electron chi connectivity index (χ3n) is 6.07. The molecule has 0 spiro atoms. The van der Waals surface area contributed by atoms with Crippen LogP contribution in [0.3, 0.4) is 0 Å². The van der Waals surface area contributed by atoms with Gasteiger partial charge in [-0.1, -0.05) is 91.0 Å². The van der Waals surface area contributed by atoms with Crippen molar-refractivity contribution in [2.45, 2.75) is 44.5 Å². The van der Waals surface area contributed by atoms with Gasteiger partial charge in [0.15, 0.2) is 0 Å². The lowest BCUT2D eigenvalue weighted by atomic mass is 10.0. The molecule has 204 valence electrons. The molecule has 0 bridgehead atoms. The summed E-state index contributed by atoms with van der Waals surface area (Å²) in [7, 11) is 0. The molecule has 0 unspecified atom stereocenters. The molecule has 2 atom stereocenters. The molecule has 0 fully saturated rings. The summed E-state index contributed by atoms with van der Waals surface area (Å²) in [5.74, 6) is -2.59. The molecule has 4 amide bonds. The zero-order valence-electron chi connectivity index (χ0n) is 21.7. The van der Waals surface area contributed by atoms with Crippen molar-refractivity contribution in [3.05, 3.63) is 108 Å². The number of amides is 4. The molecule has 0 heterocycles. The van der Waals surface area contributed by atoms with Gasteiger partial charge in [-0.05, 0) is 29.5 Å². The van der Waals surface area contributed by atoms with Gasteiger partial charge in [0, 0.05) is 13.1 Å². The maximum atomic E-state index is 13.8. The molecule has 9 nitrogen and oxygen atoms in total. The van der Waals surface area contributed by atoms with Crippen molar-refractivity contribution in [2.24, 2.45) is 5.73 Å². The van der Waals surface area contributed by atoms with Crippen molar-refractivity contribution >= 4 is 23.6 Å². The Labute approximate surface area is 228 Å². The van der Waals surface area contributed by atoms with Gasteiger partial charge in [-0.25, -0.2) is 0 Å². The molecular formula is C30H34N4O5. The molecule has 5 N–H and O–H groups in total. The van der Waals surface area contributed by atoms with E-state index in [4.69, 9.17) is 5.73 Å². The van der Waals surface area contributed by atoms with Gasteiger partial charge in [-0.15, -0.1) is 0 Å². The van der Waals surface area contributed by atoms with Gasteiger partial charge in [0.2, 0.25) is 17.7 Å². The number of benzene rings is 3. The van der Waals surface area contributed by atoms with Gasteiger partial charge in [-0.3, -0.25) is 19.2 Å². The monoisotopic (exact) mass is 530 g/mol. The maximum Gasteiger partial charge on any atom is 0.250 e. The lowest BCUT2D eigenvalue weighted by Gasteiger charge is -2.29. The Hall–Kier alpha value is -4.50. The molecule has 39 heavy (non-hydrogen) atoms. The van der Waals surface area contributed by atoms with Crippen LogP contribution in [0.15, 0.2) is 91.0 Å². The van der Waals surface area contributed by atoms with Crippen molar-refractivity contribution in [3.8, 4) is 0 Å². The first-order valence-corrected chi connectivity index (χ1v) is 12.8. The van der Waals surface area contributed by atoms with Gasteiger partial charge in [0.25, 0.3) is 5.91 Å². The average Bonchev–Trinajstić information content (AvgIpc) is 2.94. The number of nitrogens with two attached hydrogens (primary N) is 1. The van der Waals surface area contributed by atoms with Gasteiger partial charge in [-0.2, -0.15) is 0 Å². The van der Waals surface area contributed by atoms with Gasteiger partial charge >= 0.3 is 0 Å². The minimum absolute atomic E-state index is 0.107. The van der Waals surface area contributed by atoms with Crippen LogP contribution in [0.1, 0.15) is 29.5 Å². The van der Waals surface area contributed by atoms with E-state index >= 15 is 0 Å². The number of rotatable bonds is 14. The standard InChI is InChI=1S/C30H34N4O5/c31-27(36)18-28(37)33-25(17-16-22-10-4-1-5-11-22)30(39)34(20-24-14-8-3-9-15-24)21-26(35)29(38)32-19-23-12-6-2-7-13-23/h1-15,25-26,35H,16-21H2,(H2,31,36)(H,32,38)(H,33,37)/t25-,26-/m0/s1. The van der Waals surface area contributed by atoms with Crippen LogP contribution in [0.25, 0.3) is 0 Å². The van der Waals surface area contributed by atoms with E-state index in [2.05, 4.69) is 10.6 Å². The van der Waals surface area contributed by atoms with Crippen LogP contribution in [0.4, 0.5) is 0 Å². The summed E-state index contributed by atoms with van der Waals surface area (Å²) in [6.45, 7) is 0.0460. The summed E-state index contributed by atoms with van der Waals surface area (Å²) < 4.78 is 0. The Bertz CT molecular complexity index is 1220. The quantitative estimate of drug-likeness (QED) is 0.235. The summed E-state index contributed by atoms with van der Waals surface area (Å²) in [5, 5.41) is 16.0. The number of primary amides is 1. The maximum absolute atomic E-state index is 13.8. The van der Waals surface area contributed by atoms with Crippen molar-refractivity contribution in [2.75, 3.05) is 6.54 Å². The summed E-state index contributed by atoms with van der Waals surface area (Å²) >= 11 is 0. The number of carbonyl (C=O) groups excluding carboxylic acids is 4. The van der Waals surface area contributed by atoms with Crippen molar-refractivity contribution in [1.82, 2.24) is 15.5 Å². The highest BCUT2D eigenvalue weighted by molar-refractivity contribution is 5.98. The van der Waals surface area contributed by atoms with Crippen molar-refractivity contribution in [3.63, 3.8) is 0 Å². The molecule has 3 aromatic carbocycles. The lowest BCUT2D eigenvalue weighted by molar-refractivity contribution is -0.141. The van der Waals surface area contributed by atoms with E-state index in [1.165, 1.54) is 4.90 Å². The summed E-state index contributed by atoms with van der Waals surface area (Å²) in [6, 6.07) is 26.9. The van der Waals surface area contributed by atoms with Crippen LogP contribution in [0.2, 0.25) is 0 Å². The van der Waals surface area contributed by atoms with Crippen LogP contribution in [-0.2, 0) is 38.7 Å². The summed E-state index contributed by atoms with van der Waals surface area (Å²) in [6.07, 6.45) is -1.34. The first-order chi connectivity index (χ1) is 18.8. The number of aliphatic hydroxyl groups is 1. The predicted octanol–water partition coefficient (Wildman–Crippen LogP) is 1.69. The summed E-state index contributed by atoms with van der Waals surface area (Å²) in [5.41, 5.74) is 7.79. The largest absolute Gasteiger partial charge is 0.381 e. The SMILES string of the molecule is NC(=O)CC(=O)N[C@@H](CCc1ccccc1)C(=O)N(Cc1ccccc1)C[C@H](O)C(=O)NCc1ccccc1. The van der Waals surface area contributed by atoms with E-state index < -0.39 is 42.2 Å². The molecule has 0 aromatic heterocycles. The predicted molar refractivity (Wildman–Crippen MR) is 147 cm³/mol. The fraction of sp³-hybridized carbons (Fsp3) is 0.267. The Morgan fingerprint density at radius 2 is 1.33 bits per heavy atom. The Balaban J connectivity index is 1.77. The van der Waals surface area contributed by atoms with E-state index in [0.29, 0.717) is 6.42 Å². The number of hydrogen-bond acceptors (Lipinski definition) is 5. The van der Waals surface area contributed by atoms with E-state index in [-0.39, 0.29) is 26.1 Å². The first-order valence-electron chi connectivity index (χ1n) is 12.8. The van der Waals surface area contributed by atoms with E-state index in [1.807, 2.05) is 91.0 Å². The van der Waals surface area contributed by atoms with Gasteiger partial charge < -0.3 is 26.4 Å². The molecule has 3 aromatic rings. The number of nitrogens with zero attached hydrogens (tertiary/aromatic N) is 1. The van der Waals surface area contributed by atoms with Crippen LogP contribution >= 0.6 is 0 Å². The number of aliphatic hydroxyl groups excluding tert-OH is 1. The minimum atomic E-state index is -1.50.